The number of hydrogen-bond donors (Lipinski definition) is 0. The maximum Gasteiger partial charge on any atom is 0.338 e. The van der Waals surface area contributed by atoms with Crippen LogP contribution in [0.15, 0.2) is 51.5 Å². The first-order valence-corrected chi connectivity index (χ1v) is 10.4. The molecule has 1 aliphatic rings. The van der Waals surface area contributed by atoms with E-state index in [4.69, 9.17) is 9.47 Å². The molecular formula is C22H22N4O4S. The molecule has 3 aromatic rings. The second-order valence-corrected chi connectivity index (χ2v) is 8.16. The molecule has 0 fully saturated rings. The first-order valence-electron chi connectivity index (χ1n) is 9.59. The van der Waals surface area contributed by atoms with Crippen molar-refractivity contribution in [1.29, 1.82) is 0 Å². The molecule has 9 heteroatoms. The van der Waals surface area contributed by atoms with E-state index in [0.717, 1.165) is 16.8 Å². The maximum absolute atomic E-state index is 13.5. The Morgan fingerprint density at radius 1 is 1.19 bits per heavy atom. The molecule has 1 aliphatic heterocycles. The summed E-state index contributed by atoms with van der Waals surface area (Å²) in [5.74, 6) is 0.169. The minimum atomic E-state index is -0.647. The zero-order chi connectivity index (χ0) is 22.3. The fourth-order valence-electron chi connectivity index (χ4n) is 3.59. The highest BCUT2D eigenvalue weighted by atomic mass is 32.1. The molecule has 0 saturated heterocycles. The smallest absolute Gasteiger partial charge is 0.338 e. The van der Waals surface area contributed by atoms with Crippen molar-refractivity contribution in [2.45, 2.75) is 19.9 Å². The van der Waals surface area contributed by atoms with Crippen molar-refractivity contribution in [3.8, 4) is 5.75 Å². The Kier molecular flexibility index (Phi) is 5.36. The molecule has 0 saturated carbocycles. The molecule has 2 aromatic heterocycles. The highest BCUT2D eigenvalue weighted by Gasteiger charge is 2.33. The van der Waals surface area contributed by atoms with E-state index in [9.17, 15) is 9.59 Å². The lowest BCUT2D eigenvalue weighted by atomic mass is 9.96. The largest absolute Gasteiger partial charge is 0.497 e. The summed E-state index contributed by atoms with van der Waals surface area (Å²) in [4.78, 5) is 31.2. The second kappa shape index (κ2) is 7.99. The van der Waals surface area contributed by atoms with E-state index < -0.39 is 12.0 Å². The molecule has 1 aromatic carbocycles. The number of methoxy groups -OCH3 is 2. The highest BCUT2D eigenvalue weighted by molar-refractivity contribution is 7.07. The highest BCUT2D eigenvalue weighted by Crippen LogP contribution is 2.31. The van der Waals surface area contributed by atoms with E-state index in [2.05, 4.69) is 10.1 Å². The van der Waals surface area contributed by atoms with Crippen molar-refractivity contribution in [3.63, 3.8) is 0 Å². The van der Waals surface area contributed by atoms with Crippen molar-refractivity contribution in [1.82, 2.24) is 14.3 Å². The molecule has 31 heavy (non-hydrogen) atoms. The molecule has 160 valence electrons. The third-order valence-corrected chi connectivity index (χ3v) is 6.40. The van der Waals surface area contributed by atoms with Crippen LogP contribution in [0.4, 0.5) is 0 Å². The van der Waals surface area contributed by atoms with Crippen LogP contribution in [0.2, 0.25) is 0 Å². The Morgan fingerprint density at radius 2 is 1.90 bits per heavy atom. The monoisotopic (exact) mass is 438 g/mol. The average Bonchev–Trinajstić information content (AvgIpc) is 3.25. The number of benzene rings is 1. The quantitative estimate of drug-likeness (QED) is 0.576. The summed E-state index contributed by atoms with van der Waals surface area (Å²) in [6.07, 6.45) is 3.54. The number of hydrogen-bond acceptors (Lipinski definition) is 7. The van der Waals surface area contributed by atoms with Crippen molar-refractivity contribution in [3.05, 3.63) is 78.2 Å². The van der Waals surface area contributed by atoms with E-state index in [1.807, 2.05) is 32.2 Å². The van der Waals surface area contributed by atoms with Gasteiger partial charge in [-0.25, -0.2) is 9.79 Å². The minimum absolute atomic E-state index is 0.221. The number of esters is 1. The number of thiazole rings is 1. The van der Waals surface area contributed by atoms with Gasteiger partial charge < -0.3 is 9.47 Å². The number of ether oxygens (including phenoxy) is 2. The summed E-state index contributed by atoms with van der Waals surface area (Å²) in [6.45, 7) is 3.70. The van der Waals surface area contributed by atoms with Crippen LogP contribution in [0, 0.1) is 6.92 Å². The average molecular weight is 439 g/mol. The molecule has 0 radical (unpaired) electrons. The summed E-state index contributed by atoms with van der Waals surface area (Å²) in [5.41, 5.74) is 3.21. The zero-order valence-corrected chi connectivity index (χ0v) is 18.7. The summed E-state index contributed by atoms with van der Waals surface area (Å²) < 4.78 is 14.1. The van der Waals surface area contributed by atoms with E-state index in [-0.39, 0.29) is 5.56 Å². The first kappa shape index (κ1) is 20.8. The van der Waals surface area contributed by atoms with Gasteiger partial charge in [-0.2, -0.15) is 5.10 Å². The predicted molar refractivity (Wildman–Crippen MR) is 117 cm³/mol. The third kappa shape index (κ3) is 3.50. The van der Waals surface area contributed by atoms with Crippen LogP contribution in [-0.2, 0) is 16.6 Å². The van der Waals surface area contributed by atoms with Gasteiger partial charge in [-0.15, -0.1) is 0 Å². The number of carbonyl (C=O) groups excluding carboxylic acids is 1. The van der Waals surface area contributed by atoms with Gasteiger partial charge in [0.15, 0.2) is 4.80 Å². The molecule has 8 nitrogen and oxygen atoms in total. The van der Waals surface area contributed by atoms with E-state index in [1.54, 1.807) is 41.6 Å². The van der Waals surface area contributed by atoms with Crippen LogP contribution in [0.5, 0.6) is 5.75 Å². The van der Waals surface area contributed by atoms with E-state index in [0.29, 0.717) is 26.4 Å². The van der Waals surface area contributed by atoms with Crippen LogP contribution in [0.3, 0.4) is 0 Å². The van der Waals surface area contributed by atoms with Gasteiger partial charge in [0.25, 0.3) is 5.56 Å². The number of nitrogens with zero attached hydrogens (tertiary/aromatic N) is 4. The second-order valence-electron chi connectivity index (χ2n) is 7.16. The van der Waals surface area contributed by atoms with Gasteiger partial charge in [-0.05, 0) is 37.6 Å². The van der Waals surface area contributed by atoms with Crippen LogP contribution >= 0.6 is 11.3 Å². The SMILES string of the molecule is COC(=O)C1=C(C)N=c2s/c(=C/c3cnn(C)c3C)c(=O)n2C1c1ccc(OC)cc1. The Labute approximate surface area is 182 Å². The Morgan fingerprint density at radius 3 is 2.48 bits per heavy atom. The van der Waals surface area contributed by atoms with Crippen LogP contribution in [-0.4, -0.2) is 34.5 Å². The van der Waals surface area contributed by atoms with Crippen molar-refractivity contribution < 1.29 is 14.3 Å². The number of aryl methyl sites for hydroxylation is 1. The van der Waals surface area contributed by atoms with Gasteiger partial charge in [0, 0.05) is 18.3 Å². The van der Waals surface area contributed by atoms with Gasteiger partial charge in [0.1, 0.15) is 5.75 Å². The fraction of sp³-hybridized carbons (Fsp3) is 0.273. The number of carbonyl (C=O) groups is 1. The summed E-state index contributed by atoms with van der Waals surface area (Å²) in [7, 11) is 4.76. The number of rotatable bonds is 4. The zero-order valence-electron chi connectivity index (χ0n) is 17.9. The minimum Gasteiger partial charge on any atom is -0.497 e. The normalized spacial score (nSPS) is 16.2. The number of aromatic nitrogens is 3. The lowest BCUT2D eigenvalue weighted by molar-refractivity contribution is -0.136. The fourth-order valence-corrected chi connectivity index (χ4v) is 4.63. The summed E-state index contributed by atoms with van der Waals surface area (Å²) in [6, 6.07) is 6.64. The number of allylic oxidation sites excluding steroid dienone is 1. The molecule has 0 bridgehead atoms. The summed E-state index contributed by atoms with van der Waals surface area (Å²) in [5, 5.41) is 4.24. The molecule has 1 unspecified atom stereocenters. The van der Waals surface area contributed by atoms with Gasteiger partial charge >= 0.3 is 5.97 Å². The molecule has 0 aliphatic carbocycles. The molecule has 0 amide bonds. The molecule has 4 rings (SSSR count). The number of fused-ring (bicyclic) bond motifs is 1. The first-order chi connectivity index (χ1) is 14.8. The van der Waals surface area contributed by atoms with Crippen molar-refractivity contribution in [2.24, 2.45) is 12.0 Å². The standard InChI is InChI=1S/C22H22N4O4S/c1-12-18(21(28)30-5)19(14-6-8-16(29-4)9-7-14)26-20(27)17(31-22(26)24-12)10-15-11-23-25(3)13(15)2/h6-11,19H,1-5H3/b17-10+. The Balaban J connectivity index is 1.97. The molecular weight excluding hydrogens is 416 g/mol. The van der Waals surface area contributed by atoms with Crippen molar-refractivity contribution >= 4 is 23.4 Å². The predicted octanol–water partition coefficient (Wildman–Crippen LogP) is 1.46. The van der Waals surface area contributed by atoms with Crippen molar-refractivity contribution in [2.75, 3.05) is 14.2 Å². The van der Waals surface area contributed by atoms with E-state index >= 15 is 0 Å². The lowest BCUT2D eigenvalue weighted by Gasteiger charge is -2.24. The van der Waals surface area contributed by atoms with Gasteiger partial charge in [-0.1, -0.05) is 23.5 Å². The van der Waals surface area contributed by atoms with E-state index in [1.165, 1.54) is 18.4 Å². The third-order valence-electron chi connectivity index (χ3n) is 5.42. The molecule has 3 heterocycles. The Hall–Kier alpha value is -3.46. The topological polar surface area (TPSA) is 87.7 Å². The van der Waals surface area contributed by atoms with Gasteiger partial charge in [0.05, 0.1) is 42.3 Å². The maximum atomic E-state index is 13.5. The van der Waals surface area contributed by atoms with Gasteiger partial charge in [-0.3, -0.25) is 14.0 Å². The molecule has 1 atom stereocenters. The lowest BCUT2D eigenvalue weighted by Crippen LogP contribution is -2.39. The van der Waals surface area contributed by atoms with Crippen LogP contribution in [0.25, 0.3) is 6.08 Å². The molecule has 0 N–H and O–H groups in total. The van der Waals surface area contributed by atoms with Crippen LogP contribution in [0.1, 0.15) is 29.8 Å². The van der Waals surface area contributed by atoms with Gasteiger partial charge in [0.2, 0.25) is 0 Å². The Bertz CT molecular complexity index is 1380. The summed E-state index contributed by atoms with van der Waals surface area (Å²) >= 11 is 1.29. The molecule has 0 spiro atoms. The van der Waals surface area contributed by atoms with Crippen LogP contribution < -0.4 is 19.6 Å².